The molecule has 178 valence electrons. The third-order valence-corrected chi connectivity index (χ3v) is 4.89. The number of carboxylic acid groups (broad SMARTS) is 1. The average molecular weight is 446 g/mol. The third-order valence-electron chi connectivity index (χ3n) is 4.89. The SMILES string of the molecule is CC[C@H](C)[C@H](N)C(=O)N[C@H](C(=O)N[C@H](C(=O)N[C@@H](CC(N)=O)C(=O)O)[C@@H](C)O)C(C)C. The number of carboxylic acids is 1. The van der Waals surface area contributed by atoms with E-state index < -0.39 is 66.3 Å². The van der Waals surface area contributed by atoms with Gasteiger partial charge in [-0.3, -0.25) is 19.2 Å². The van der Waals surface area contributed by atoms with Gasteiger partial charge in [0.25, 0.3) is 0 Å². The van der Waals surface area contributed by atoms with Crippen LogP contribution < -0.4 is 27.4 Å². The second-order valence-corrected chi connectivity index (χ2v) is 7.94. The fourth-order valence-electron chi connectivity index (χ4n) is 2.61. The molecule has 0 aliphatic heterocycles. The number of hydrogen-bond donors (Lipinski definition) is 7. The Hall–Kier alpha value is -2.73. The van der Waals surface area contributed by atoms with Crippen molar-refractivity contribution in [2.75, 3.05) is 0 Å². The number of carbonyl (C=O) groups is 5. The van der Waals surface area contributed by atoms with Crippen LogP contribution in [0.4, 0.5) is 0 Å². The van der Waals surface area contributed by atoms with Crippen LogP contribution in [0, 0.1) is 11.8 Å². The summed E-state index contributed by atoms with van der Waals surface area (Å²) in [5, 5.41) is 26.0. The molecule has 0 aliphatic rings. The van der Waals surface area contributed by atoms with Crippen LogP contribution in [0.15, 0.2) is 0 Å². The lowest BCUT2D eigenvalue weighted by Gasteiger charge is -2.28. The van der Waals surface area contributed by atoms with Crippen molar-refractivity contribution in [3.05, 3.63) is 0 Å². The fourth-order valence-corrected chi connectivity index (χ4v) is 2.61. The Bertz CT molecular complexity index is 668. The van der Waals surface area contributed by atoms with Gasteiger partial charge in [0.1, 0.15) is 18.1 Å². The number of amides is 4. The summed E-state index contributed by atoms with van der Waals surface area (Å²) in [5.41, 5.74) is 10.9. The molecular formula is C19H35N5O7. The number of nitrogens with two attached hydrogens (primary N) is 2. The molecule has 0 saturated heterocycles. The molecule has 0 heterocycles. The van der Waals surface area contributed by atoms with Crippen LogP contribution in [0.3, 0.4) is 0 Å². The maximum Gasteiger partial charge on any atom is 0.326 e. The summed E-state index contributed by atoms with van der Waals surface area (Å²) < 4.78 is 0. The van der Waals surface area contributed by atoms with Gasteiger partial charge in [-0.25, -0.2) is 4.79 Å². The molecule has 0 aromatic heterocycles. The van der Waals surface area contributed by atoms with Gasteiger partial charge in [-0.05, 0) is 18.8 Å². The second kappa shape index (κ2) is 12.8. The van der Waals surface area contributed by atoms with Crippen LogP contribution in [0.5, 0.6) is 0 Å². The summed E-state index contributed by atoms with van der Waals surface area (Å²) in [4.78, 5) is 59.8. The van der Waals surface area contributed by atoms with E-state index in [1.807, 2.05) is 6.92 Å². The summed E-state index contributed by atoms with van der Waals surface area (Å²) in [6.45, 7) is 8.23. The molecular weight excluding hydrogens is 410 g/mol. The number of aliphatic hydroxyl groups excluding tert-OH is 1. The topological polar surface area (TPSA) is 214 Å². The molecule has 4 amide bonds. The van der Waals surface area contributed by atoms with Gasteiger partial charge in [0.15, 0.2) is 0 Å². The average Bonchev–Trinajstić information content (AvgIpc) is 2.66. The molecule has 0 saturated carbocycles. The molecule has 0 bridgehead atoms. The van der Waals surface area contributed by atoms with Gasteiger partial charge in [-0.2, -0.15) is 0 Å². The van der Waals surface area contributed by atoms with Crippen molar-refractivity contribution in [2.45, 2.75) is 77.7 Å². The molecule has 0 aliphatic carbocycles. The van der Waals surface area contributed by atoms with E-state index in [1.54, 1.807) is 20.8 Å². The Balaban J connectivity index is 5.41. The van der Waals surface area contributed by atoms with Crippen LogP contribution in [0.25, 0.3) is 0 Å². The second-order valence-electron chi connectivity index (χ2n) is 7.94. The quantitative estimate of drug-likeness (QED) is 0.165. The highest BCUT2D eigenvalue weighted by Gasteiger charge is 2.34. The van der Waals surface area contributed by atoms with E-state index in [0.29, 0.717) is 6.42 Å². The largest absolute Gasteiger partial charge is 0.480 e. The highest BCUT2D eigenvalue weighted by molar-refractivity contribution is 5.95. The van der Waals surface area contributed by atoms with Crippen molar-refractivity contribution in [1.82, 2.24) is 16.0 Å². The van der Waals surface area contributed by atoms with Crippen molar-refractivity contribution in [2.24, 2.45) is 23.3 Å². The molecule has 0 aromatic carbocycles. The van der Waals surface area contributed by atoms with Gasteiger partial charge in [-0.15, -0.1) is 0 Å². The predicted molar refractivity (Wildman–Crippen MR) is 111 cm³/mol. The van der Waals surface area contributed by atoms with E-state index in [2.05, 4.69) is 16.0 Å². The van der Waals surface area contributed by atoms with Crippen LogP contribution in [-0.4, -0.2) is 70.1 Å². The molecule has 0 radical (unpaired) electrons. The Labute approximate surface area is 181 Å². The van der Waals surface area contributed by atoms with Crippen LogP contribution in [0.2, 0.25) is 0 Å². The first kappa shape index (κ1) is 28.3. The predicted octanol–water partition coefficient (Wildman–Crippen LogP) is -2.19. The summed E-state index contributed by atoms with van der Waals surface area (Å²) in [5.74, 6) is -5.28. The van der Waals surface area contributed by atoms with E-state index in [9.17, 15) is 29.1 Å². The fraction of sp³-hybridized carbons (Fsp3) is 0.737. The summed E-state index contributed by atoms with van der Waals surface area (Å²) >= 11 is 0. The molecule has 0 spiro atoms. The number of nitrogens with one attached hydrogen (secondary N) is 3. The first-order chi connectivity index (χ1) is 14.2. The molecule has 31 heavy (non-hydrogen) atoms. The van der Waals surface area contributed by atoms with Crippen molar-refractivity contribution in [1.29, 1.82) is 0 Å². The Morgan fingerprint density at radius 2 is 1.35 bits per heavy atom. The number of aliphatic hydroxyl groups is 1. The van der Waals surface area contributed by atoms with E-state index in [1.165, 1.54) is 6.92 Å². The number of carbonyl (C=O) groups excluding carboxylic acids is 4. The number of rotatable bonds is 13. The zero-order valence-corrected chi connectivity index (χ0v) is 18.5. The first-order valence-electron chi connectivity index (χ1n) is 10.1. The Morgan fingerprint density at radius 1 is 0.871 bits per heavy atom. The summed E-state index contributed by atoms with van der Waals surface area (Å²) in [6.07, 6.45) is -1.41. The molecule has 12 heteroatoms. The van der Waals surface area contributed by atoms with Crippen LogP contribution in [0.1, 0.15) is 47.5 Å². The molecule has 0 unspecified atom stereocenters. The maximum atomic E-state index is 12.8. The van der Waals surface area contributed by atoms with Crippen molar-refractivity contribution in [3.63, 3.8) is 0 Å². The van der Waals surface area contributed by atoms with Crippen molar-refractivity contribution in [3.8, 4) is 0 Å². The van der Waals surface area contributed by atoms with Gasteiger partial charge < -0.3 is 37.6 Å². The van der Waals surface area contributed by atoms with Crippen LogP contribution in [-0.2, 0) is 24.0 Å². The summed E-state index contributed by atoms with van der Waals surface area (Å²) in [6, 6.07) is -5.06. The molecule has 6 atom stereocenters. The highest BCUT2D eigenvalue weighted by atomic mass is 16.4. The Morgan fingerprint density at radius 3 is 1.74 bits per heavy atom. The smallest absolute Gasteiger partial charge is 0.326 e. The lowest BCUT2D eigenvalue weighted by atomic mass is 9.97. The molecule has 0 aromatic rings. The van der Waals surface area contributed by atoms with Gasteiger partial charge in [0, 0.05) is 0 Å². The van der Waals surface area contributed by atoms with Gasteiger partial charge in [0.2, 0.25) is 23.6 Å². The zero-order chi connectivity index (χ0) is 24.5. The van der Waals surface area contributed by atoms with E-state index in [-0.39, 0.29) is 11.8 Å². The number of hydrogen-bond acceptors (Lipinski definition) is 7. The molecule has 0 rings (SSSR count). The minimum absolute atomic E-state index is 0.120. The molecule has 9 N–H and O–H groups in total. The molecule has 12 nitrogen and oxygen atoms in total. The van der Waals surface area contributed by atoms with Gasteiger partial charge >= 0.3 is 5.97 Å². The lowest BCUT2D eigenvalue weighted by Crippen LogP contribution is -2.61. The minimum atomic E-state index is -1.63. The lowest BCUT2D eigenvalue weighted by molar-refractivity contribution is -0.144. The van der Waals surface area contributed by atoms with Gasteiger partial charge in [-0.1, -0.05) is 34.1 Å². The normalized spacial score (nSPS) is 16.9. The molecule has 0 fully saturated rings. The number of aliphatic carboxylic acids is 1. The summed E-state index contributed by atoms with van der Waals surface area (Å²) in [7, 11) is 0. The Kier molecular flexibility index (Phi) is 11.7. The van der Waals surface area contributed by atoms with Crippen molar-refractivity contribution < 1.29 is 34.2 Å². The number of primary amides is 1. The maximum absolute atomic E-state index is 12.8. The standard InChI is InChI=1S/C19H35N5O7/c1-6-9(4)13(21)16(27)23-14(8(2)3)17(28)24-15(10(5)25)18(29)22-11(19(30)31)7-12(20)26/h8-11,13-15,25H,6-7,21H2,1-5H3,(H2,20,26)(H,22,29)(H,23,27)(H,24,28)(H,30,31)/t9-,10+,11-,13-,14-,15-/m0/s1. The first-order valence-corrected chi connectivity index (χ1v) is 10.1. The zero-order valence-electron chi connectivity index (χ0n) is 18.5. The van der Waals surface area contributed by atoms with E-state index >= 15 is 0 Å². The van der Waals surface area contributed by atoms with Gasteiger partial charge in [0.05, 0.1) is 18.6 Å². The highest BCUT2D eigenvalue weighted by Crippen LogP contribution is 2.09. The van der Waals surface area contributed by atoms with E-state index in [0.717, 1.165) is 0 Å². The third kappa shape index (κ3) is 9.30. The van der Waals surface area contributed by atoms with Crippen LogP contribution >= 0.6 is 0 Å². The van der Waals surface area contributed by atoms with Crippen molar-refractivity contribution >= 4 is 29.6 Å². The van der Waals surface area contributed by atoms with E-state index in [4.69, 9.17) is 16.6 Å². The monoisotopic (exact) mass is 445 g/mol. The minimum Gasteiger partial charge on any atom is -0.480 e.